The van der Waals surface area contributed by atoms with Gasteiger partial charge in [0, 0.05) is 26.2 Å². The van der Waals surface area contributed by atoms with Gasteiger partial charge in [0.15, 0.2) is 9.84 Å². The summed E-state index contributed by atoms with van der Waals surface area (Å²) in [6.07, 6.45) is 2.83. The molecule has 3 atom stereocenters. The largest absolute Gasteiger partial charge is 0.481 e. The second-order valence-electron chi connectivity index (χ2n) is 6.88. The molecule has 0 radical (unpaired) electrons. The van der Waals surface area contributed by atoms with Gasteiger partial charge in [-0.3, -0.25) is 4.79 Å². The summed E-state index contributed by atoms with van der Waals surface area (Å²) in [5.41, 5.74) is -0.793. The fraction of sp³-hybridized carbons (Fsp3) is 0.857. The Bertz CT molecular complexity index is 604. The van der Waals surface area contributed by atoms with Crippen molar-refractivity contribution in [2.45, 2.75) is 31.7 Å². The topological polar surface area (TPSA) is 95.0 Å². The molecule has 1 saturated carbocycles. The van der Waals surface area contributed by atoms with Crippen molar-refractivity contribution >= 4 is 21.8 Å². The van der Waals surface area contributed by atoms with E-state index in [1.54, 1.807) is 11.9 Å². The van der Waals surface area contributed by atoms with E-state index < -0.39 is 21.2 Å². The van der Waals surface area contributed by atoms with Crippen molar-refractivity contribution in [1.82, 2.24) is 9.80 Å². The SMILES string of the molecule is CN(C(=O)N1C[C@@H]2CCC[C@@]2(C(=O)O)C1)C1CCS(=O)(=O)C1. The van der Waals surface area contributed by atoms with E-state index in [1.165, 1.54) is 4.90 Å². The highest BCUT2D eigenvalue weighted by molar-refractivity contribution is 7.91. The van der Waals surface area contributed by atoms with Crippen molar-refractivity contribution < 1.29 is 23.1 Å². The van der Waals surface area contributed by atoms with Crippen LogP contribution < -0.4 is 0 Å². The number of amides is 2. The van der Waals surface area contributed by atoms with Gasteiger partial charge in [-0.15, -0.1) is 0 Å². The van der Waals surface area contributed by atoms with Gasteiger partial charge < -0.3 is 14.9 Å². The Hall–Kier alpha value is -1.31. The summed E-state index contributed by atoms with van der Waals surface area (Å²) in [6.45, 7) is 0.713. The summed E-state index contributed by atoms with van der Waals surface area (Å²) in [5, 5.41) is 9.56. The van der Waals surface area contributed by atoms with Crippen LogP contribution in [0.4, 0.5) is 4.79 Å². The van der Waals surface area contributed by atoms with Crippen LogP contribution in [-0.2, 0) is 14.6 Å². The highest BCUT2D eigenvalue weighted by Gasteiger charge is 2.56. The Morgan fingerprint density at radius 1 is 1.32 bits per heavy atom. The summed E-state index contributed by atoms with van der Waals surface area (Å²) in [5.74, 6) is -0.654. The molecule has 2 saturated heterocycles. The number of carbonyl (C=O) groups excluding carboxylic acids is 1. The van der Waals surface area contributed by atoms with E-state index >= 15 is 0 Å². The highest BCUT2D eigenvalue weighted by Crippen LogP contribution is 2.49. The minimum atomic E-state index is -3.04. The maximum absolute atomic E-state index is 12.6. The molecule has 2 aliphatic heterocycles. The summed E-state index contributed by atoms with van der Waals surface area (Å²) in [4.78, 5) is 27.3. The molecular formula is C14H22N2O5S. The summed E-state index contributed by atoms with van der Waals surface area (Å²) >= 11 is 0. The zero-order valence-electron chi connectivity index (χ0n) is 12.7. The average Bonchev–Trinajstić information content (AvgIpc) is 3.08. The summed E-state index contributed by atoms with van der Waals surface area (Å²) < 4.78 is 23.1. The van der Waals surface area contributed by atoms with Gasteiger partial charge in [-0.05, 0) is 25.2 Å². The molecule has 2 amide bonds. The predicted octanol–water partition coefficient (Wildman–Crippen LogP) is 0.412. The lowest BCUT2D eigenvalue weighted by molar-refractivity contribution is -0.149. The van der Waals surface area contributed by atoms with E-state index in [9.17, 15) is 23.1 Å². The van der Waals surface area contributed by atoms with Crippen LogP contribution in [0.15, 0.2) is 0 Å². The summed E-state index contributed by atoms with van der Waals surface area (Å²) in [7, 11) is -1.42. The normalized spacial score (nSPS) is 36.3. The van der Waals surface area contributed by atoms with Crippen LogP contribution in [0.1, 0.15) is 25.7 Å². The zero-order chi connectivity index (χ0) is 16.1. The molecule has 0 aromatic rings. The molecule has 0 aromatic carbocycles. The molecule has 3 rings (SSSR count). The molecule has 3 fully saturated rings. The molecule has 3 aliphatic rings. The van der Waals surface area contributed by atoms with Crippen molar-refractivity contribution in [2.75, 3.05) is 31.6 Å². The molecule has 124 valence electrons. The molecule has 1 N–H and O–H groups in total. The Balaban J connectivity index is 1.71. The van der Waals surface area contributed by atoms with E-state index in [0.29, 0.717) is 19.4 Å². The first-order valence-electron chi connectivity index (χ1n) is 7.71. The lowest BCUT2D eigenvalue weighted by atomic mass is 9.81. The number of urea groups is 1. The van der Waals surface area contributed by atoms with Crippen LogP contribution in [0.3, 0.4) is 0 Å². The van der Waals surface area contributed by atoms with E-state index in [4.69, 9.17) is 0 Å². The lowest BCUT2D eigenvalue weighted by Crippen LogP contribution is -2.47. The van der Waals surface area contributed by atoms with Crippen molar-refractivity contribution in [2.24, 2.45) is 11.3 Å². The van der Waals surface area contributed by atoms with Gasteiger partial charge in [0.2, 0.25) is 0 Å². The third-order valence-corrected chi connectivity index (χ3v) is 7.38. The molecule has 0 bridgehead atoms. The van der Waals surface area contributed by atoms with Gasteiger partial charge in [0.1, 0.15) is 0 Å². The number of hydrogen-bond donors (Lipinski definition) is 1. The Labute approximate surface area is 130 Å². The standard InChI is InChI=1S/C14H22N2O5S/c1-15(11-4-6-22(20,21)8-11)13(19)16-7-10-3-2-5-14(10,9-16)12(17)18/h10-11H,2-9H2,1H3,(H,17,18)/t10-,11?,14+/m0/s1. The van der Waals surface area contributed by atoms with Crippen molar-refractivity contribution in [3.05, 3.63) is 0 Å². The number of rotatable bonds is 2. The fourth-order valence-corrected chi connectivity index (χ4v) is 6.02. The monoisotopic (exact) mass is 330 g/mol. The maximum atomic E-state index is 12.6. The first-order valence-corrected chi connectivity index (χ1v) is 9.53. The molecule has 0 aromatic heterocycles. The van der Waals surface area contributed by atoms with E-state index in [0.717, 1.165) is 12.8 Å². The molecule has 1 aliphatic carbocycles. The molecule has 1 unspecified atom stereocenters. The molecule has 2 heterocycles. The third kappa shape index (κ3) is 2.37. The quantitative estimate of drug-likeness (QED) is 0.791. The van der Waals surface area contributed by atoms with Crippen molar-refractivity contribution in [3.8, 4) is 0 Å². The van der Waals surface area contributed by atoms with Crippen LogP contribution >= 0.6 is 0 Å². The highest BCUT2D eigenvalue weighted by atomic mass is 32.2. The number of fused-ring (bicyclic) bond motifs is 1. The molecule has 8 heteroatoms. The average molecular weight is 330 g/mol. The Morgan fingerprint density at radius 2 is 2.05 bits per heavy atom. The van der Waals surface area contributed by atoms with Crippen molar-refractivity contribution in [3.63, 3.8) is 0 Å². The van der Waals surface area contributed by atoms with Gasteiger partial charge in [-0.1, -0.05) is 6.42 Å². The first kappa shape index (κ1) is 15.6. The van der Waals surface area contributed by atoms with Gasteiger partial charge >= 0.3 is 12.0 Å². The van der Waals surface area contributed by atoms with Gasteiger partial charge in [0.25, 0.3) is 0 Å². The molecule has 22 heavy (non-hydrogen) atoms. The number of likely N-dealkylation sites (tertiary alicyclic amines) is 1. The van der Waals surface area contributed by atoms with Crippen LogP contribution in [0, 0.1) is 11.3 Å². The zero-order valence-corrected chi connectivity index (χ0v) is 13.5. The van der Waals surface area contributed by atoms with Crippen LogP contribution in [-0.4, -0.2) is 73.0 Å². The maximum Gasteiger partial charge on any atom is 0.320 e. The summed E-state index contributed by atoms with van der Waals surface area (Å²) in [6, 6.07) is -0.532. The van der Waals surface area contributed by atoms with E-state index in [2.05, 4.69) is 0 Å². The lowest BCUT2D eigenvalue weighted by Gasteiger charge is -2.30. The number of carboxylic acid groups (broad SMARTS) is 1. The number of aliphatic carboxylic acids is 1. The van der Waals surface area contributed by atoms with Crippen molar-refractivity contribution in [1.29, 1.82) is 0 Å². The smallest absolute Gasteiger partial charge is 0.320 e. The molecule has 7 nitrogen and oxygen atoms in total. The van der Waals surface area contributed by atoms with Gasteiger partial charge in [0.05, 0.1) is 16.9 Å². The van der Waals surface area contributed by atoms with E-state index in [-0.39, 0.29) is 36.0 Å². The minimum Gasteiger partial charge on any atom is -0.481 e. The van der Waals surface area contributed by atoms with E-state index in [1.807, 2.05) is 0 Å². The molecule has 0 spiro atoms. The number of sulfone groups is 1. The first-order chi connectivity index (χ1) is 10.3. The Morgan fingerprint density at radius 3 is 2.59 bits per heavy atom. The Kier molecular flexibility index (Phi) is 3.62. The number of carbonyl (C=O) groups is 2. The number of hydrogen-bond acceptors (Lipinski definition) is 4. The number of carboxylic acids is 1. The predicted molar refractivity (Wildman–Crippen MR) is 79.2 cm³/mol. The fourth-order valence-electron chi connectivity index (χ4n) is 4.24. The molecular weight excluding hydrogens is 308 g/mol. The van der Waals surface area contributed by atoms with Crippen LogP contribution in [0.2, 0.25) is 0 Å². The van der Waals surface area contributed by atoms with Gasteiger partial charge in [-0.25, -0.2) is 13.2 Å². The van der Waals surface area contributed by atoms with Gasteiger partial charge in [-0.2, -0.15) is 0 Å². The van der Waals surface area contributed by atoms with Crippen LogP contribution in [0.5, 0.6) is 0 Å². The second kappa shape index (κ2) is 5.11. The number of nitrogens with zero attached hydrogens (tertiary/aromatic N) is 2. The van der Waals surface area contributed by atoms with Crippen LogP contribution in [0.25, 0.3) is 0 Å². The third-order valence-electron chi connectivity index (χ3n) is 5.63. The second-order valence-corrected chi connectivity index (χ2v) is 9.11. The minimum absolute atomic E-state index is 0.0105.